The summed E-state index contributed by atoms with van der Waals surface area (Å²) in [5, 5.41) is 9.92. The summed E-state index contributed by atoms with van der Waals surface area (Å²) in [6, 6.07) is 0. The number of rotatable bonds is 2. The second-order valence-corrected chi connectivity index (χ2v) is 6.12. The van der Waals surface area contributed by atoms with Crippen molar-refractivity contribution in [1.82, 2.24) is 19.5 Å². The number of aliphatic hydroxyl groups is 1. The van der Waals surface area contributed by atoms with E-state index in [1.165, 1.54) is 6.33 Å². The summed E-state index contributed by atoms with van der Waals surface area (Å²) < 4.78 is 7.55. The van der Waals surface area contributed by atoms with Crippen LogP contribution in [0.25, 0.3) is 11.2 Å². The summed E-state index contributed by atoms with van der Waals surface area (Å²) in [4.78, 5) is 12.3. The van der Waals surface area contributed by atoms with E-state index < -0.39 is 0 Å². The summed E-state index contributed by atoms with van der Waals surface area (Å²) in [6.45, 7) is 0.0697. The third-order valence-corrected chi connectivity index (χ3v) is 4.91. The Morgan fingerprint density at radius 2 is 2.41 bits per heavy atom. The molecule has 2 aromatic heterocycles. The van der Waals surface area contributed by atoms with Gasteiger partial charge >= 0.3 is 103 Å². The topological polar surface area (TPSA) is 99.1 Å². The first-order valence-corrected chi connectivity index (χ1v) is 7.30. The molecule has 0 spiro atoms. The fourth-order valence-corrected chi connectivity index (χ4v) is 3.72. The van der Waals surface area contributed by atoms with Crippen LogP contribution in [0.5, 0.6) is 0 Å². The quantitative estimate of drug-likeness (QED) is 0.717. The van der Waals surface area contributed by atoms with Gasteiger partial charge in [-0.15, -0.1) is 0 Å². The molecule has 1 aliphatic heterocycles. The van der Waals surface area contributed by atoms with Gasteiger partial charge in [-0.3, -0.25) is 0 Å². The number of nitrogens with zero attached hydrogens (tertiary/aromatic N) is 4. The van der Waals surface area contributed by atoms with Gasteiger partial charge in [0.05, 0.1) is 0 Å². The van der Waals surface area contributed by atoms with Crippen LogP contribution in [0.2, 0.25) is 5.32 Å². The second-order valence-electron chi connectivity index (χ2n) is 3.62. The van der Waals surface area contributed by atoms with Crippen molar-refractivity contribution < 1.29 is 9.84 Å². The standard InChI is InChI=1S/C9H11N5O2Se/c10-8-7-9(12-3-11-8)14(4-13-7)5-2-17-6(1-15)16-5/h3-6,15H,1-2H2,(H2,10,11,12)/t5-,6-/m1/s1. The summed E-state index contributed by atoms with van der Waals surface area (Å²) in [5.41, 5.74) is 6.99. The maximum atomic E-state index is 9.06. The molecule has 90 valence electrons. The van der Waals surface area contributed by atoms with Crippen molar-refractivity contribution in [1.29, 1.82) is 0 Å². The summed E-state index contributed by atoms with van der Waals surface area (Å²) >= 11 is 0.286. The van der Waals surface area contributed by atoms with Gasteiger partial charge in [0.25, 0.3) is 0 Å². The molecule has 2 aromatic rings. The molecule has 0 saturated carbocycles. The van der Waals surface area contributed by atoms with E-state index in [4.69, 9.17) is 15.6 Å². The predicted molar refractivity (Wildman–Crippen MR) is 61.3 cm³/mol. The van der Waals surface area contributed by atoms with Crippen molar-refractivity contribution in [3.05, 3.63) is 12.7 Å². The number of hydrogen-bond acceptors (Lipinski definition) is 6. The van der Waals surface area contributed by atoms with Crippen LogP contribution in [0.4, 0.5) is 5.82 Å². The molecule has 8 heteroatoms. The Kier molecular flexibility index (Phi) is 2.71. The van der Waals surface area contributed by atoms with Gasteiger partial charge < -0.3 is 0 Å². The number of ether oxygens (including phenoxy) is 1. The SMILES string of the molecule is Nc1ncnc2c1ncn2[C@H]1C[Se][C@H](CO)O1. The summed E-state index contributed by atoms with van der Waals surface area (Å²) in [5.74, 6) is 0.371. The number of anilines is 1. The van der Waals surface area contributed by atoms with Crippen LogP contribution in [-0.2, 0) is 4.74 Å². The van der Waals surface area contributed by atoms with E-state index in [9.17, 15) is 0 Å². The molecule has 0 aliphatic carbocycles. The minimum absolute atomic E-state index is 0.0378. The third kappa shape index (κ3) is 1.79. The molecule has 0 unspecified atom stereocenters. The molecule has 1 fully saturated rings. The van der Waals surface area contributed by atoms with Crippen LogP contribution in [0.15, 0.2) is 12.7 Å². The molecular weight excluding hydrogens is 289 g/mol. The van der Waals surface area contributed by atoms with Gasteiger partial charge in [0.15, 0.2) is 0 Å². The summed E-state index contributed by atoms with van der Waals surface area (Å²) in [6.07, 6.45) is 2.97. The van der Waals surface area contributed by atoms with Crippen LogP contribution >= 0.6 is 0 Å². The molecule has 2 atom stereocenters. The van der Waals surface area contributed by atoms with Crippen LogP contribution in [-0.4, -0.2) is 51.2 Å². The number of imidazole rings is 1. The fraction of sp³-hybridized carbons (Fsp3) is 0.444. The first-order valence-electron chi connectivity index (χ1n) is 5.10. The number of aromatic nitrogens is 4. The van der Waals surface area contributed by atoms with Crippen molar-refractivity contribution in [3.8, 4) is 0 Å². The molecular formula is C9H11N5O2Se. The zero-order chi connectivity index (χ0) is 11.8. The van der Waals surface area contributed by atoms with Crippen molar-refractivity contribution >= 4 is 31.9 Å². The number of nitrogen functional groups attached to an aromatic ring is 1. The predicted octanol–water partition coefficient (Wildman–Crippen LogP) is -0.622. The number of hydrogen-bond donors (Lipinski definition) is 2. The third-order valence-electron chi connectivity index (χ3n) is 2.58. The molecule has 0 radical (unpaired) electrons. The Morgan fingerprint density at radius 3 is 3.18 bits per heavy atom. The van der Waals surface area contributed by atoms with Crippen LogP contribution in [0.1, 0.15) is 6.23 Å². The molecule has 0 aromatic carbocycles. The summed E-state index contributed by atoms with van der Waals surface area (Å²) in [7, 11) is 0. The Morgan fingerprint density at radius 1 is 1.53 bits per heavy atom. The Bertz CT molecular complexity index is 545. The second kappa shape index (κ2) is 4.23. The Labute approximate surface area is 103 Å². The first-order chi connectivity index (χ1) is 8.29. The van der Waals surface area contributed by atoms with Crippen molar-refractivity contribution in [3.63, 3.8) is 0 Å². The van der Waals surface area contributed by atoms with Crippen LogP contribution in [0.3, 0.4) is 0 Å². The average Bonchev–Trinajstić information content (AvgIpc) is 2.94. The molecule has 1 aliphatic rings. The molecule has 7 nitrogen and oxygen atoms in total. The van der Waals surface area contributed by atoms with Gasteiger partial charge in [-0.1, -0.05) is 0 Å². The Hall–Kier alpha value is -1.21. The minimum atomic E-state index is -0.105. The van der Waals surface area contributed by atoms with Crippen molar-refractivity contribution in [2.75, 3.05) is 12.3 Å². The van der Waals surface area contributed by atoms with E-state index in [-0.39, 0.29) is 32.8 Å². The fourth-order valence-electron chi connectivity index (χ4n) is 1.77. The van der Waals surface area contributed by atoms with E-state index in [1.807, 2.05) is 4.57 Å². The van der Waals surface area contributed by atoms with E-state index in [0.29, 0.717) is 17.0 Å². The number of fused-ring (bicyclic) bond motifs is 1. The van der Waals surface area contributed by atoms with Crippen LogP contribution in [0, 0.1) is 0 Å². The normalized spacial score (nSPS) is 24.5. The van der Waals surface area contributed by atoms with Gasteiger partial charge in [0.1, 0.15) is 0 Å². The average molecular weight is 300 g/mol. The molecule has 3 heterocycles. The molecule has 17 heavy (non-hydrogen) atoms. The number of aliphatic hydroxyl groups excluding tert-OH is 1. The molecule has 3 N–H and O–H groups in total. The van der Waals surface area contributed by atoms with Crippen molar-refractivity contribution in [2.45, 2.75) is 16.5 Å². The molecule has 0 bridgehead atoms. The zero-order valence-electron chi connectivity index (χ0n) is 8.85. The number of nitrogens with two attached hydrogens (primary N) is 1. The Balaban J connectivity index is 1.99. The van der Waals surface area contributed by atoms with E-state index >= 15 is 0 Å². The molecule has 3 rings (SSSR count). The van der Waals surface area contributed by atoms with Gasteiger partial charge in [0, 0.05) is 0 Å². The molecule has 0 amide bonds. The van der Waals surface area contributed by atoms with E-state index in [0.717, 1.165) is 5.32 Å². The van der Waals surface area contributed by atoms with E-state index in [2.05, 4.69) is 15.0 Å². The van der Waals surface area contributed by atoms with Gasteiger partial charge in [-0.25, -0.2) is 0 Å². The van der Waals surface area contributed by atoms with Crippen molar-refractivity contribution in [2.24, 2.45) is 0 Å². The zero-order valence-corrected chi connectivity index (χ0v) is 10.6. The monoisotopic (exact) mass is 301 g/mol. The molecule has 1 saturated heterocycles. The first kappa shape index (κ1) is 10.9. The maximum absolute atomic E-state index is 9.06. The van der Waals surface area contributed by atoms with Gasteiger partial charge in [-0.2, -0.15) is 0 Å². The van der Waals surface area contributed by atoms with Gasteiger partial charge in [-0.05, 0) is 0 Å². The van der Waals surface area contributed by atoms with Crippen LogP contribution < -0.4 is 5.73 Å². The van der Waals surface area contributed by atoms with E-state index in [1.54, 1.807) is 6.33 Å². The van der Waals surface area contributed by atoms with Gasteiger partial charge in [0.2, 0.25) is 0 Å².